The van der Waals surface area contributed by atoms with Gasteiger partial charge in [0.05, 0.1) is 12.5 Å². The summed E-state index contributed by atoms with van der Waals surface area (Å²) in [6.45, 7) is 2.50. The number of rotatable bonds is 21. The summed E-state index contributed by atoms with van der Waals surface area (Å²) >= 11 is 1.31. The molecule has 0 saturated heterocycles. The highest BCUT2D eigenvalue weighted by Crippen LogP contribution is 2.10. The van der Waals surface area contributed by atoms with Crippen LogP contribution in [-0.4, -0.2) is 105 Å². The lowest BCUT2D eigenvalue weighted by molar-refractivity contribution is -0.142. The predicted molar refractivity (Wildman–Crippen MR) is 162 cm³/mol. The normalized spacial score (nSPS) is 14.5. The molecule has 0 aromatic carbocycles. The fourth-order valence-corrected chi connectivity index (χ4v) is 4.53. The topological polar surface area (TPSA) is 327 Å². The van der Waals surface area contributed by atoms with Crippen LogP contribution in [0.2, 0.25) is 0 Å². The number of nitrogens with two attached hydrogens (primary N) is 2. The van der Waals surface area contributed by atoms with E-state index in [9.17, 15) is 48.3 Å². The molecule has 1 rings (SSSR count). The van der Waals surface area contributed by atoms with Gasteiger partial charge < -0.3 is 53.4 Å². The quantitative estimate of drug-likeness (QED) is 0.0609. The first kappa shape index (κ1) is 39.9. The number of aliphatic carboxylic acids is 3. The molecular weight excluding hydrogens is 646 g/mol. The Morgan fingerprint density at radius 2 is 1.21 bits per heavy atom. The minimum Gasteiger partial charge on any atom is -0.481 e. The average molecular weight is 686 g/mol. The summed E-state index contributed by atoms with van der Waals surface area (Å²) < 4.78 is 0. The Morgan fingerprint density at radius 1 is 0.702 bits per heavy atom. The van der Waals surface area contributed by atoms with E-state index in [2.05, 4.69) is 26.6 Å². The first-order valence-electron chi connectivity index (χ1n) is 14.1. The van der Waals surface area contributed by atoms with Crippen LogP contribution in [0.1, 0.15) is 51.5 Å². The van der Waals surface area contributed by atoms with Crippen LogP contribution in [0.25, 0.3) is 0 Å². The average Bonchev–Trinajstić information content (AvgIpc) is 3.48. The van der Waals surface area contributed by atoms with Crippen molar-refractivity contribution in [2.24, 2.45) is 11.5 Å². The smallest absolute Gasteiger partial charge is 0.326 e. The van der Waals surface area contributed by atoms with Gasteiger partial charge in [0, 0.05) is 19.3 Å². The van der Waals surface area contributed by atoms with E-state index in [1.165, 1.54) is 25.2 Å². The number of carbonyl (C=O) groups is 9. The van der Waals surface area contributed by atoms with Gasteiger partial charge in [0.1, 0.15) is 30.2 Å². The fraction of sp³-hybridized carbons (Fsp3) is 0.519. The molecule has 1 aromatic rings. The van der Waals surface area contributed by atoms with Gasteiger partial charge in [-0.05, 0) is 49.1 Å². The van der Waals surface area contributed by atoms with Crippen LogP contribution in [0.3, 0.4) is 0 Å². The SMILES string of the molecule is C[C@H](NC(=O)[C@H](C)NC(=O)[C@H](CCC(=O)O)NC(=O)[C@@H](N)CC(=O)O)C(=O)N[C@@H](Cc1ccsc1)C(=O)N[C@@H](CCC(N)=O)C(=O)O. The molecule has 0 unspecified atom stereocenters. The first-order chi connectivity index (χ1) is 21.9. The van der Waals surface area contributed by atoms with Gasteiger partial charge in [0.25, 0.3) is 0 Å². The Labute approximate surface area is 272 Å². The molecule has 6 amide bonds. The number of hydrogen-bond donors (Lipinski definition) is 10. The van der Waals surface area contributed by atoms with E-state index in [-0.39, 0.29) is 19.3 Å². The molecule has 6 atom stereocenters. The lowest BCUT2D eigenvalue weighted by Gasteiger charge is -2.24. The van der Waals surface area contributed by atoms with Gasteiger partial charge in [-0.2, -0.15) is 11.3 Å². The molecule has 1 aromatic heterocycles. The second-order valence-electron chi connectivity index (χ2n) is 10.5. The minimum absolute atomic E-state index is 0.0457. The van der Waals surface area contributed by atoms with Crippen LogP contribution >= 0.6 is 11.3 Å². The molecule has 0 aliphatic carbocycles. The van der Waals surface area contributed by atoms with E-state index < -0.39 is 109 Å². The van der Waals surface area contributed by atoms with E-state index in [0.29, 0.717) is 5.56 Å². The molecule has 1 heterocycles. The van der Waals surface area contributed by atoms with Crippen molar-refractivity contribution in [3.8, 4) is 0 Å². The van der Waals surface area contributed by atoms with Crippen LogP contribution in [0, 0.1) is 0 Å². The summed E-state index contributed by atoms with van der Waals surface area (Å²) in [4.78, 5) is 108. The van der Waals surface area contributed by atoms with E-state index in [0.717, 1.165) is 0 Å². The van der Waals surface area contributed by atoms with Gasteiger partial charge in [-0.1, -0.05) is 0 Å². The number of carbonyl (C=O) groups excluding carboxylic acids is 6. The van der Waals surface area contributed by atoms with Crippen molar-refractivity contribution in [1.29, 1.82) is 0 Å². The van der Waals surface area contributed by atoms with Crippen LogP contribution in [0.15, 0.2) is 16.8 Å². The minimum atomic E-state index is -1.54. The molecule has 47 heavy (non-hydrogen) atoms. The molecule has 260 valence electrons. The summed E-state index contributed by atoms with van der Waals surface area (Å²) in [6.07, 6.45) is -2.40. The van der Waals surface area contributed by atoms with Gasteiger partial charge in [-0.25, -0.2) is 4.79 Å². The standard InChI is InChI=1S/C27H39N7O12S/c1-12(31-25(43)16(4-6-20(36)37)32-24(42)15(28)10-21(38)39)22(40)30-13(2)23(41)34-18(9-14-7-8-47-11-14)26(44)33-17(27(45)46)3-5-19(29)35/h7-8,11-13,15-18H,3-6,9-10,28H2,1-2H3,(H2,29,35)(H,30,40)(H,31,43)(H,32,42)(H,33,44)(H,34,41)(H,36,37)(H,38,39)(H,45,46)/t12-,13-,15-,16-,17-,18-/m0/s1. The molecular formula is C27H39N7O12S. The van der Waals surface area contributed by atoms with Gasteiger partial charge in [0.2, 0.25) is 35.4 Å². The van der Waals surface area contributed by atoms with Crippen molar-refractivity contribution in [2.45, 2.75) is 88.6 Å². The summed E-state index contributed by atoms with van der Waals surface area (Å²) in [5.41, 5.74) is 11.2. The highest BCUT2D eigenvalue weighted by molar-refractivity contribution is 7.07. The van der Waals surface area contributed by atoms with Crippen LogP contribution in [0.5, 0.6) is 0 Å². The summed E-state index contributed by atoms with van der Waals surface area (Å²) in [6, 6.07) is -6.75. The Hall–Kier alpha value is -5.11. The Balaban J connectivity index is 2.93. The largest absolute Gasteiger partial charge is 0.481 e. The Morgan fingerprint density at radius 3 is 1.72 bits per heavy atom. The zero-order valence-corrected chi connectivity index (χ0v) is 26.3. The van der Waals surface area contributed by atoms with Crippen molar-refractivity contribution >= 4 is 64.7 Å². The fourth-order valence-electron chi connectivity index (χ4n) is 3.85. The van der Waals surface area contributed by atoms with Crippen molar-refractivity contribution in [2.75, 3.05) is 0 Å². The number of primary amides is 1. The van der Waals surface area contributed by atoms with Crippen molar-refractivity contribution in [3.63, 3.8) is 0 Å². The first-order valence-corrected chi connectivity index (χ1v) is 15.1. The van der Waals surface area contributed by atoms with Crippen LogP contribution in [-0.2, 0) is 49.6 Å². The molecule has 0 spiro atoms. The molecule has 20 heteroatoms. The highest BCUT2D eigenvalue weighted by Gasteiger charge is 2.31. The van der Waals surface area contributed by atoms with Gasteiger partial charge >= 0.3 is 17.9 Å². The van der Waals surface area contributed by atoms with E-state index >= 15 is 0 Å². The lowest BCUT2D eigenvalue weighted by atomic mass is 10.1. The van der Waals surface area contributed by atoms with Crippen molar-refractivity contribution in [3.05, 3.63) is 22.4 Å². The maximum absolute atomic E-state index is 13.0. The Kier molecular flexibility index (Phi) is 16.5. The van der Waals surface area contributed by atoms with Gasteiger partial charge in [0.15, 0.2) is 0 Å². The number of carboxylic acids is 3. The third-order valence-electron chi connectivity index (χ3n) is 6.46. The molecule has 0 saturated carbocycles. The van der Waals surface area contributed by atoms with Crippen LogP contribution < -0.4 is 38.1 Å². The molecule has 0 radical (unpaired) electrons. The summed E-state index contributed by atoms with van der Waals surface area (Å²) in [5.74, 6) is -9.52. The van der Waals surface area contributed by atoms with Crippen molar-refractivity contribution in [1.82, 2.24) is 26.6 Å². The molecule has 0 aliphatic heterocycles. The van der Waals surface area contributed by atoms with E-state index in [4.69, 9.17) is 21.7 Å². The van der Waals surface area contributed by atoms with Crippen molar-refractivity contribution < 1.29 is 58.5 Å². The Bertz CT molecular complexity index is 1320. The number of nitrogens with one attached hydrogen (secondary N) is 5. The predicted octanol–water partition coefficient (Wildman–Crippen LogP) is -3.23. The number of hydrogen-bond acceptors (Lipinski definition) is 11. The van der Waals surface area contributed by atoms with Crippen LogP contribution in [0.4, 0.5) is 0 Å². The molecule has 0 bridgehead atoms. The molecule has 12 N–H and O–H groups in total. The van der Waals surface area contributed by atoms with Gasteiger partial charge in [-0.15, -0.1) is 0 Å². The highest BCUT2D eigenvalue weighted by atomic mass is 32.1. The lowest BCUT2D eigenvalue weighted by Crippen LogP contribution is -2.58. The van der Waals surface area contributed by atoms with E-state index in [1.807, 2.05) is 0 Å². The van der Waals surface area contributed by atoms with Gasteiger partial charge in [-0.3, -0.25) is 38.4 Å². The van der Waals surface area contributed by atoms with E-state index in [1.54, 1.807) is 16.8 Å². The second-order valence-corrected chi connectivity index (χ2v) is 11.2. The monoisotopic (exact) mass is 685 g/mol. The maximum Gasteiger partial charge on any atom is 0.326 e. The third-order valence-corrected chi connectivity index (χ3v) is 7.19. The third kappa shape index (κ3) is 15.2. The molecule has 19 nitrogen and oxygen atoms in total. The second kappa shape index (κ2) is 19.4. The summed E-state index contributed by atoms with van der Waals surface area (Å²) in [5, 5.41) is 42.2. The molecule has 0 aliphatic rings. The summed E-state index contributed by atoms with van der Waals surface area (Å²) in [7, 11) is 0. The zero-order valence-electron chi connectivity index (χ0n) is 25.5. The maximum atomic E-state index is 13.0. The molecule has 0 fully saturated rings. The zero-order chi connectivity index (χ0) is 35.8. The number of amides is 6. The number of carboxylic acid groups (broad SMARTS) is 3. The number of thiophene rings is 1.